The predicted molar refractivity (Wildman–Crippen MR) is 150 cm³/mol. The summed E-state index contributed by atoms with van der Waals surface area (Å²) < 4.78 is 76.4. The number of amides is 1. The van der Waals surface area contributed by atoms with Crippen molar-refractivity contribution in [2.75, 3.05) is 23.7 Å². The maximum absolute atomic E-state index is 15.2. The summed E-state index contributed by atoms with van der Waals surface area (Å²) in [7, 11) is 0. The predicted octanol–water partition coefficient (Wildman–Crippen LogP) is 4.74. The summed E-state index contributed by atoms with van der Waals surface area (Å²) in [6.07, 6.45) is -1.90. The fourth-order valence-corrected chi connectivity index (χ4v) is 7.60. The number of halogens is 5. The number of hydrogen-bond acceptors (Lipinski definition) is 7. The van der Waals surface area contributed by atoms with Crippen molar-refractivity contribution in [2.24, 2.45) is 0 Å². The van der Waals surface area contributed by atoms with Gasteiger partial charge in [-0.25, -0.2) is 18.3 Å². The van der Waals surface area contributed by atoms with Crippen LogP contribution in [-0.2, 0) is 17.5 Å². The van der Waals surface area contributed by atoms with Gasteiger partial charge in [0.25, 0.3) is 0 Å². The molecular weight excluding hydrogens is 593 g/mol. The molecule has 0 spiro atoms. The molecule has 1 fully saturated rings. The number of nitrogens with zero attached hydrogens (tertiary/aromatic N) is 7. The van der Waals surface area contributed by atoms with Crippen molar-refractivity contribution in [3.63, 3.8) is 0 Å². The summed E-state index contributed by atoms with van der Waals surface area (Å²) in [6.45, 7) is 5.58. The van der Waals surface area contributed by atoms with E-state index in [0.717, 1.165) is 30.0 Å². The number of thioether (sulfide) groups is 1. The average molecular weight is 620 g/mol. The van der Waals surface area contributed by atoms with Crippen LogP contribution in [0.5, 0.6) is 0 Å². The molecule has 0 aliphatic carbocycles. The molecule has 2 aromatic carbocycles. The van der Waals surface area contributed by atoms with Crippen LogP contribution in [0, 0.1) is 11.6 Å². The summed E-state index contributed by atoms with van der Waals surface area (Å²) in [6, 6.07) is 2.21. The van der Waals surface area contributed by atoms with E-state index in [2.05, 4.69) is 15.3 Å². The van der Waals surface area contributed by atoms with Crippen LogP contribution in [-0.4, -0.2) is 66.3 Å². The third kappa shape index (κ3) is 5.02. The molecule has 0 radical (unpaired) electrons. The Labute approximate surface area is 246 Å². The molecule has 15 heteroatoms. The van der Waals surface area contributed by atoms with E-state index in [-0.39, 0.29) is 65.0 Å². The fourth-order valence-electron chi connectivity index (χ4n) is 6.26. The van der Waals surface area contributed by atoms with Gasteiger partial charge in [0.1, 0.15) is 17.5 Å². The van der Waals surface area contributed by atoms with Gasteiger partial charge in [-0.2, -0.15) is 18.2 Å². The van der Waals surface area contributed by atoms with Gasteiger partial charge in [0, 0.05) is 71.5 Å². The van der Waals surface area contributed by atoms with Crippen LogP contribution in [0.15, 0.2) is 46.3 Å². The second-order valence-electron chi connectivity index (χ2n) is 10.9. The lowest BCUT2D eigenvalue weighted by atomic mass is 9.95. The zero-order valence-corrected chi connectivity index (χ0v) is 24.1. The maximum atomic E-state index is 15.2. The monoisotopic (exact) mass is 619 g/mol. The Morgan fingerprint density at radius 3 is 2.40 bits per heavy atom. The Bertz CT molecular complexity index is 1780. The number of anilines is 1. The van der Waals surface area contributed by atoms with Crippen molar-refractivity contribution in [3.05, 3.63) is 64.3 Å². The van der Waals surface area contributed by atoms with Crippen LogP contribution in [0.25, 0.3) is 22.0 Å². The normalized spacial score (nSPS) is 20.9. The molecule has 2 aliphatic heterocycles. The van der Waals surface area contributed by atoms with Crippen molar-refractivity contribution in [3.8, 4) is 11.1 Å². The number of alkyl halides is 3. The molecule has 4 aromatic rings. The summed E-state index contributed by atoms with van der Waals surface area (Å²) in [5, 5.41) is 7.91. The van der Waals surface area contributed by atoms with Crippen molar-refractivity contribution >= 4 is 34.4 Å². The third-order valence-corrected chi connectivity index (χ3v) is 9.15. The van der Waals surface area contributed by atoms with Crippen molar-refractivity contribution in [1.82, 2.24) is 29.4 Å². The second kappa shape index (κ2) is 10.6. The van der Waals surface area contributed by atoms with E-state index in [1.54, 1.807) is 16.0 Å². The highest BCUT2D eigenvalue weighted by Gasteiger charge is 2.40. The lowest BCUT2D eigenvalue weighted by Crippen LogP contribution is -2.58. The van der Waals surface area contributed by atoms with Gasteiger partial charge >= 0.3 is 11.9 Å². The van der Waals surface area contributed by atoms with E-state index < -0.39 is 46.2 Å². The molecule has 3 atom stereocenters. The summed E-state index contributed by atoms with van der Waals surface area (Å²) >= 11 is 1.03. The molecule has 6 rings (SSSR count). The summed E-state index contributed by atoms with van der Waals surface area (Å²) in [4.78, 5) is 33.7. The fraction of sp³-hybridized carbons (Fsp3) is 0.393. The van der Waals surface area contributed by atoms with Gasteiger partial charge in [-0.3, -0.25) is 9.36 Å². The molecule has 1 amide bonds. The second-order valence-corrected chi connectivity index (χ2v) is 11.9. The van der Waals surface area contributed by atoms with Crippen molar-refractivity contribution in [2.45, 2.75) is 56.5 Å². The number of hydrogen-bond donors (Lipinski definition) is 0. The zero-order valence-electron chi connectivity index (χ0n) is 23.3. The number of piperazine rings is 1. The number of rotatable bonds is 3. The van der Waals surface area contributed by atoms with E-state index in [1.165, 1.54) is 22.4 Å². The number of benzene rings is 2. The van der Waals surface area contributed by atoms with Gasteiger partial charge in [0.05, 0.1) is 29.9 Å². The molecule has 9 nitrogen and oxygen atoms in total. The van der Waals surface area contributed by atoms with E-state index >= 15 is 4.39 Å². The van der Waals surface area contributed by atoms with Crippen LogP contribution in [0.2, 0.25) is 0 Å². The highest BCUT2D eigenvalue weighted by atomic mass is 32.2. The SMILES string of the molecule is CC(=O)N1[C@H](C)CN(c2nc(=O)n3c4c(c(-c5ccc(F)cc5F)c(C(F)(F)F)cc24)SCC(n2ccnn2)C3)C[C@@H]1C. The minimum absolute atomic E-state index is 0.0214. The lowest BCUT2D eigenvalue weighted by Gasteiger charge is -2.44. The van der Waals surface area contributed by atoms with Gasteiger partial charge in [0.15, 0.2) is 0 Å². The Morgan fingerprint density at radius 2 is 1.79 bits per heavy atom. The van der Waals surface area contributed by atoms with E-state index in [4.69, 9.17) is 0 Å². The maximum Gasteiger partial charge on any atom is 0.417 e. The smallest absolute Gasteiger partial charge is 0.352 e. The van der Waals surface area contributed by atoms with Gasteiger partial charge in [-0.15, -0.1) is 16.9 Å². The first-order valence-electron chi connectivity index (χ1n) is 13.5. The molecular formula is C28H26F5N7O2S. The Kier molecular flexibility index (Phi) is 7.18. The van der Waals surface area contributed by atoms with Gasteiger partial charge in [0.2, 0.25) is 5.91 Å². The molecule has 1 unspecified atom stereocenters. The molecule has 4 heterocycles. The standard InChI is InChI=1S/C28H26F5N7O2S/c1-14-10-37(11-15(2)40(14)16(3)41)26-20-9-21(28(31,32)33)23(19-5-4-17(29)8-22(19)30)25-24(20)38(27(42)35-26)12-18(13-43-25)39-7-6-34-36-39/h4-9,14-15,18H,10-13H2,1-3H3/t14-,15+,18?. The topological polar surface area (TPSA) is 89.2 Å². The molecule has 43 heavy (non-hydrogen) atoms. The molecule has 2 aliphatic rings. The quantitative estimate of drug-likeness (QED) is 0.306. The molecule has 226 valence electrons. The van der Waals surface area contributed by atoms with Gasteiger partial charge in [-0.1, -0.05) is 5.21 Å². The Hall–Kier alpha value is -4.01. The van der Waals surface area contributed by atoms with E-state index in [9.17, 15) is 27.2 Å². The van der Waals surface area contributed by atoms with Gasteiger partial charge in [-0.05, 0) is 32.0 Å². The first kappa shape index (κ1) is 29.1. The van der Waals surface area contributed by atoms with E-state index in [0.29, 0.717) is 6.07 Å². The lowest BCUT2D eigenvalue weighted by molar-refractivity contribution is -0.137. The molecule has 0 saturated carbocycles. The van der Waals surface area contributed by atoms with Crippen LogP contribution in [0.1, 0.15) is 32.4 Å². The van der Waals surface area contributed by atoms with E-state index in [1.807, 2.05) is 13.8 Å². The minimum Gasteiger partial charge on any atom is -0.352 e. The number of carbonyl (C=O) groups is 1. The van der Waals surface area contributed by atoms with Crippen LogP contribution >= 0.6 is 11.8 Å². The van der Waals surface area contributed by atoms with Gasteiger partial charge < -0.3 is 9.80 Å². The number of aromatic nitrogens is 5. The molecule has 1 saturated heterocycles. The van der Waals surface area contributed by atoms with Crippen LogP contribution in [0.3, 0.4) is 0 Å². The molecule has 2 aromatic heterocycles. The first-order valence-corrected chi connectivity index (χ1v) is 14.5. The van der Waals surface area contributed by atoms with Crippen molar-refractivity contribution < 1.29 is 26.7 Å². The average Bonchev–Trinajstić information content (AvgIpc) is 3.37. The molecule has 0 N–H and O–H groups in total. The summed E-state index contributed by atoms with van der Waals surface area (Å²) in [5.74, 6) is -2.00. The number of carbonyl (C=O) groups excluding carboxylic acids is 1. The van der Waals surface area contributed by atoms with Crippen molar-refractivity contribution in [1.29, 1.82) is 0 Å². The third-order valence-electron chi connectivity index (χ3n) is 7.91. The summed E-state index contributed by atoms with van der Waals surface area (Å²) in [5.41, 5.74) is -2.58. The minimum atomic E-state index is -4.94. The highest BCUT2D eigenvalue weighted by molar-refractivity contribution is 7.99. The zero-order chi connectivity index (χ0) is 30.8. The van der Waals surface area contributed by atoms with Crippen LogP contribution < -0.4 is 10.6 Å². The highest BCUT2D eigenvalue weighted by Crippen LogP contribution is 2.49. The Morgan fingerprint density at radius 1 is 1.07 bits per heavy atom. The first-order chi connectivity index (χ1) is 20.3. The molecule has 0 bridgehead atoms. The Balaban J connectivity index is 1.66. The largest absolute Gasteiger partial charge is 0.417 e. The van der Waals surface area contributed by atoms with Crippen LogP contribution in [0.4, 0.5) is 27.8 Å².